The molecule has 4 heteroatoms. The molecular formula is C16H31N3O. The van der Waals surface area contributed by atoms with E-state index in [0.717, 1.165) is 19.5 Å². The molecule has 2 fully saturated rings. The lowest BCUT2D eigenvalue weighted by Crippen LogP contribution is -2.53. The topological polar surface area (TPSA) is 44.4 Å². The summed E-state index contributed by atoms with van der Waals surface area (Å²) in [5.74, 6) is 0.278. The minimum absolute atomic E-state index is 0.0882. The number of rotatable bonds is 5. The summed E-state index contributed by atoms with van der Waals surface area (Å²) in [6.45, 7) is 8.99. The molecule has 4 nitrogen and oxygen atoms in total. The third-order valence-corrected chi connectivity index (χ3v) is 4.85. The van der Waals surface area contributed by atoms with Crippen LogP contribution in [0.25, 0.3) is 0 Å². The average Bonchev–Trinajstić information content (AvgIpc) is 2.85. The van der Waals surface area contributed by atoms with Crippen molar-refractivity contribution in [2.75, 3.05) is 19.6 Å². The van der Waals surface area contributed by atoms with Gasteiger partial charge in [0.05, 0.1) is 6.54 Å². The largest absolute Gasteiger partial charge is 0.336 e. The standard InChI is InChI=1S/C16H31N3O/c1-13(2)19(14-7-5-4-6-8-14)15(20)11-18-16(3)9-10-17-12-16/h13-14,17-18H,4-12H2,1-3H3. The Bertz CT molecular complexity index is 318. The molecule has 1 amide bonds. The van der Waals surface area contributed by atoms with Gasteiger partial charge in [0.15, 0.2) is 0 Å². The molecule has 2 N–H and O–H groups in total. The molecule has 1 aliphatic carbocycles. The Morgan fingerprint density at radius 3 is 2.60 bits per heavy atom. The van der Waals surface area contributed by atoms with Crippen molar-refractivity contribution in [1.82, 2.24) is 15.5 Å². The molecule has 2 aliphatic rings. The van der Waals surface area contributed by atoms with E-state index in [1.807, 2.05) is 0 Å². The SMILES string of the molecule is CC(C)N(C(=O)CNC1(C)CCNC1)C1CCCCC1. The van der Waals surface area contributed by atoms with E-state index in [-0.39, 0.29) is 11.4 Å². The molecule has 20 heavy (non-hydrogen) atoms. The van der Waals surface area contributed by atoms with Crippen LogP contribution in [0.5, 0.6) is 0 Å². The molecule has 0 aromatic rings. The zero-order valence-electron chi connectivity index (χ0n) is 13.4. The van der Waals surface area contributed by atoms with Gasteiger partial charge in [-0.05, 0) is 46.6 Å². The Morgan fingerprint density at radius 1 is 1.35 bits per heavy atom. The van der Waals surface area contributed by atoms with Crippen LogP contribution < -0.4 is 10.6 Å². The number of nitrogens with zero attached hydrogens (tertiary/aromatic N) is 1. The summed E-state index contributed by atoms with van der Waals surface area (Å²) in [7, 11) is 0. The monoisotopic (exact) mass is 281 g/mol. The molecule has 1 heterocycles. The predicted octanol–water partition coefficient (Wildman–Crippen LogP) is 1.90. The maximum Gasteiger partial charge on any atom is 0.237 e. The lowest BCUT2D eigenvalue weighted by molar-refractivity contribution is -0.135. The maximum absolute atomic E-state index is 12.6. The van der Waals surface area contributed by atoms with Crippen molar-refractivity contribution in [3.8, 4) is 0 Å². The van der Waals surface area contributed by atoms with Crippen LogP contribution in [-0.4, -0.2) is 48.1 Å². The molecule has 1 atom stereocenters. The van der Waals surface area contributed by atoms with Gasteiger partial charge in [0.2, 0.25) is 5.91 Å². The summed E-state index contributed by atoms with van der Waals surface area (Å²) in [6.07, 6.45) is 7.35. The molecule has 1 saturated heterocycles. The van der Waals surface area contributed by atoms with Gasteiger partial charge >= 0.3 is 0 Å². The van der Waals surface area contributed by atoms with Crippen LogP contribution in [0.3, 0.4) is 0 Å². The predicted molar refractivity (Wildman–Crippen MR) is 82.7 cm³/mol. The zero-order valence-corrected chi connectivity index (χ0v) is 13.4. The van der Waals surface area contributed by atoms with Gasteiger partial charge in [0.25, 0.3) is 0 Å². The molecule has 1 aliphatic heterocycles. The summed E-state index contributed by atoms with van der Waals surface area (Å²) in [4.78, 5) is 14.8. The highest BCUT2D eigenvalue weighted by Gasteiger charge is 2.31. The fraction of sp³-hybridized carbons (Fsp3) is 0.938. The van der Waals surface area contributed by atoms with Gasteiger partial charge < -0.3 is 15.5 Å². The van der Waals surface area contributed by atoms with E-state index in [1.165, 1.54) is 32.1 Å². The Hall–Kier alpha value is -0.610. The Kier molecular flexibility index (Phi) is 5.44. The first kappa shape index (κ1) is 15.8. The van der Waals surface area contributed by atoms with Crippen molar-refractivity contribution in [1.29, 1.82) is 0 Å². The van der Waals surface area contributed by atoms with Gasteiger partial charge in [-0.1, -0.05) is 19.3 Å². The zero-order chi connectivity index (χ0) is 14.6. The summed E-state index contributed by atoms with van der Waals surface area (Å²) in [5, 5.41) is 6.84. The van der Waals surface area contributed by atoms with Crippen LogP contribution in [-0.2, 0) is 4.79 Å². The number of carbonyl (C=O) groups is 1. The Morgan fingerprint density at radius 2 is 2.05 bits per heavy atom. The van der Waals surface area contributed by atoms with Gasteiger partial charge in [0.1, 0.15) is 0 Å². The second kappa shape index (κ2) is 6.90. The lowest BCUT2D eigenvalue weighted by atomic mass is 9.93. The van der Waals surface area contributed by atoms with Gasteiger partial charge in [-0.3, -0.25) is 4.79 Å². The molecule has 1 unspecified atom stereocenters. The van der Waals surface area contributed by atoms with Crippen LogP contribution in [0.4, 0.5) is 0 Å². The quantitative estimate of drug-likeness (QED) is 0.809. The minimum atomic E-state index is 0.0882. The van der Waals surface area contributed by atoms with Crippen molar-refractivity contribution in [3.63, 3.8) is 0 Å². The summed E-state index contributed by atoms with van der Waals surface area (Å²) in [5.41, 5.74) is 0.0882. The fourth-order valence-corrected chi connectivity index (χ4v) is 3.62. The molecule has 0 aromatic heterocycles. The molecule has 0 spiro atoms. The number of hydrogen-bond donors (Lipinski definition) is 2. The molecule has 116 valence electrons. The molecule has 0 radical (unpaired) electrons. The first-order valence-electron chi connectivity index (χ1n) is 8.29. The summed E-state index contributed by atoms with van der Waals surface area (Å²) < 4.78 is 0. The highest BCUT2D eigenvalue weighted by atomic mass is 16.2. The van der Waals surface area contributed by atoms with Gasteiger partial charge in [-0.25, -0.2) is 0 Å². The van der Waals surface area contributed by atoms with E-state index in [0.29, 0.717) is 18.6 Å². The van der Waals surface area contributed by atoms with E-state index < -0.39 is 0 Å². The van der Waals surface area contributed by atoms with Crippen molar-refractivity contribution < 1.29 is 4.79 Å². The van der Waals surface area contributed by atoms with Gasteiger partial charge in [-0.15, -0.1) is 0 Å². The number of carbonyl (C=O) groups excluding carboxylic acids is 1. The van der Waals surface area contributed by atoms with Crippen LogP contribution in [0.2, 0.25) is 0 Å². The lowest BCUT2D eigenvalue weighted by Gasteiger charge is -2.38. The second-order valence-corrected chi connectivity index (χ2v) is 7.03. The number of hydrogen-bond acceptors (Lipinski definition) is 3. The van der Waals surface area contributed by atoms with E-state index in [2.05, 4.69) is 36.3 Å². The first-order chi connectivity index (χ1) is 9.52. The molecular weight excluding hydrogens is 250 g/mol. The van der Waals surface area contributed by atoms with E-state index in [9.17, 15) is 4.79 Å². The highest BCUT2D eigenvalue weighted by molar-refractivity contribution is 5.79. The fourth-order valence-electron chi connectivity index (χ4n) is 3.62. The van der Waals surface area contributed by atoms with E-state index in [1.54, 1.807) is 0 Å². The van der Waals surface area contributed by atoms with Crippen molar-refractivity contribution in [2.45, 2.75) is 76.9 Å². The first-order valence-corrected chi connectivity index (χ1v) is 8.29. The van der Waals surface area contributed by atoms with E-state index in [4.69, 9.17) is 0 Å². The molecule has 2 rings (SSSR count). The van der Waals surface area contributed by atoms with Crippen LogP contribution in [0, 0.1) is 0 Å². The summed E-state index contributed by atoms with van der Waals surface area (Å²) >= 11 is 0. The van der Waals surface area contributed by atoms with Gasteiger partial charge in [-0.2, -0.15) is 0 Å². The Balaban J connectivity index is 1.89. The average molecular weight is 281 g/mol. The van der Waals surface area contributed by atoms with Crippen molar-refractivity contribution in [2.24, 2.45) is 0 Å². The minimum Gasteiger partial charge on any atom is -0.336 e. The third kappa shape index (κ3) is 3.95. The second-order valence-electron chi connectivity index (χ2n) is 7.03. The van der Waals surface area contributed by atoms with Crippen molar-refractivity contribution >= 4 is 5.91 Å². The van der Waals surface area contributed by atoms with Crippen LogP contribution >= 0.6 is 0 Å². The van der Waals surface area contributed by atoms with Crippen molar-refractivity contribution in [3.05, 3.63) is 0 Å². The summed E-state index contributed by atoms with van der Waals surface area (Å²) in [6, 6.07) is 0.773. The smallest absolute Gasteiger partial charge is 0.237 e. The van der Waals surface area contributed by atoms with Crippen LogP contribution in [0.1, 0.15) is 59.3 Å². The van der Waals surface area contributed by atoms with Crippen LogP contribution in [0.15, 0.2) is 0 Å². The number of amides is 1. The molecule has 0 aromatic carbocycles. The highest BCUT2D eigenvalue weighted by Crippen LogP contribution is 2.24. The van der Waals surface area contributed by atoms with Gasteiger partial charge in [0, 0.05) is 24.2 Å². The molecule has 1 saturated carbocycles. The number of nitrogens with one attached hydrogen (secondary N) is 2. The normalized spacial score (nSPS) is 28.0. The Labute approximate surface area is 123 Å². The molecule has 0 bridgehead atoms. The third-order valence-electron chi connectivity index (χ3n) is 4.85. The maximum atomic E-state index is 12.6. The van der Waals surface area contributed by atoms with E-state index >= 15 is 0 Å².